The van der Waals surface area contributed by atoms with Gasteiger partial charge in [-0.2, -0.15) is 10.2 Å². The normalized spacial score (nSPS) is 10.9. The van der Waals surface area contributed by atoms with Crippen LogP contribution < -0.4 is 5.73 Å². The molecule has 8 nitrogen and oxygen atoms in total. The van der Waals surface area contributed by atoms with E-state index in [0.29, 0.717) is 25.2 Å². The molecule has 24 heavy (non-hydrogen) atoms. The number of rotatable bonds is 7. The van der Waals surface area contributed by atoms with Crippen LogP contribution in [-0.2, 0) is 24.2 Å². The van der Waals surface area contributed by atoms with Crippen LogP contribution in [0.4, 0.5) is 4.39 Å². The first-order chi connectivity index (χ1) is 11.6. The van der Waals surface area contributed by atoms with Crippen molar-refractivity contribution in [3.63, 3.8) is 0 Å². The molecule has 0 aliphatic carbocycles. The maximum absolute atomic E-state index is 14.1. The Morgan fingerprint density at radius 1 is 1.29 bits per heavy atom. The molecule has 0 aliphatic heterocycles. The van der Waals surface area contributed by atoms with Gasteiger partial charge >= 0.3 is 0 Å². The summed E-state index contributed by atoms with van der Waals surface area (Å²) < 4.78 is 17.2. The molecule has 124 valence electrons. The van der Waals surface area contributed by atoms with Crippen molar-refractivity contribution >= 4 is 5.91 Å². The first-order valence-electron chi connectivity index (χ1n) is 7.44. The van der Waals surface area contributed by atoms with Crippen LogP contribution in [0.5, 0.6) is 0 Å². The number of nitrogens with zero attached hydrogens (tertiary/aromatic N) is 6. The molecule has 1 aromatic carbocycles. The summed E-state index contributed by atoms with van der Waals surface area (Å²) >= 11 is 0. The van der Waals surface area contributed by atoms with E-state index in [0.717, 1.165) is 0 Å². The van der Waals surface area contributed by atoms with E-state index in [-0.39, 0.29) is 17.9 Å². The number of carbonyl (C=O) groups excluding carboxylic acids is 1. The lowest BCUT2D eigenvalue weighted by atomic mass is 10.2. The van der Waals surface area contributed by atoms with Gasteiger partial charge in [-0.25, -0.2) is 19.0 Å². The molecule has 9 heteroatoms. The molecule has 0 radical (unpaired) electrons. The SMILES string of the molecule is NC(=O)Cc1nc(CCCn2cncn2)n(-c2ccccc2F)n1. The Kier molecular flexibility index (Phi) is 4.59. The van der Waals surface area contributed by atoms with E-state index in [1.165, 1.54) is 17.1 Å². The molecule has 3 aromatic rings. The molecule has 0 fully saturated rings. The molecule has 0 atom stereocenters. The molecule has 2 heterocycles. The number of hydrogen-bond donors (Lipinski definition) is 1. The highest BCUT2D eigenvalue weighted by molar-refractivity contribution is 5.75. The lowest BCUT2D eigenvalue weighted by molar-refractivity contribution is -0.117. The van der Waals surface area contributed by atoms with Crippen molar-refractivity contribution < 1.29 is 9.18 Å². The summed E-state index contributed by atoms with van der Waals surface area (Å²) in [5, 5.41) is 8.26. The van der Waals surface area contributed by atoms with Gasteiger partial charge < -0.3 is 5.73 Å². The number of aromatic nitrogens is 6. The Labute approximate surface area is 137 Å². The van der Waals surface area contributed by atoms with Crippen LogP contribution in [-0.4, -0.2) is 35.4 Å². The summed E-state index contributed by atoms with van der Waals surface area (Å²) in [5.74, 6) is -0.0987. The van der Waals surface area contributed by atoms with Crippen LogP contribution in [0.3, 0.4) is 0 Å². The monoisotopic (exact) mass is 329 g/mol. The Morgan fingerprint density at radius 2 is 2.12 bits per heavy atom. The van der Waals surface area contributed by atoms with Gasteiger partial charge in [0.15, 0.2) is 5.82 Å². The number of primary amides is 1. The Morgan fingerprint density at radius 3 is 2.83 bits per heavy atom. The molecule has 0 saturated carbocycles. The van der Waals surface area contributed by atoms with Gasteiger partial charge in [0.2, 0.25) is 5.91 Å². The first-order valence-corrected chi connectivity index (χ1v) is 7.44. The van der Waals surface area contributed by atoms with Crippen LogP contribution in [0.15, 0.2) is 36.9 Å². The maximum atomic E-state index is 14.1. The highest BCUT2D eigenvalue weighted by Gasteiger charge is 2.15. The number of amides is 1. The van der Waals surface area contributed by atoms with Crippen LogP contribution in [0.2, 0.25) is 0 Å². The second-order valence-corrected chi connectivity index (χ2v) is 5.21. The van der Waals surface area contributed by atoms with Crippen LogP contribution in [0.1, 0.15) is 18.1 Å². The van der Waals surface area contributed by atoms with Gasteiger partial charge in [-0.15, -0.1) is 0 Å². The van der Waals surface area contributed by atoms with E-state index in [9.17, 15) is 9.18 Å². The minimum absolute atomic E-state index is 0.0858. The van der Waals surface area contributed by atoms with Crippen LogP contribution in [0, 0.1) is 5.82 Å². The van der Waals surface area contributed by atoms with Crippen LogP contribution in [0.25, 0.3) is 5.69 Å². The largest absolute Gasteiger partial charge is 0.369 e. The second kappa shape index (κ2) is 6.99. The summed E-state index contributed by atoms with van der Waals surface area (Å²) in [6.07, 6.45) is 4.26. The number of para-hydroxylation sites is 1. The molecule has 3 rings (SSSR count). The molecule has 0 unspecified atom stereocenters. The lowest BCUT2D eigenvalue weighted by Gasteiger charge is -2.06. The predicted octanol–water partition coefficient (Wildman–Crippen LogP) is 0.658. The van der Waals surface area contributed by atoms with E-state index in [2.05, 4.69) is 20.2 Å². The molecular formula is C15H16FN7O. The van der Waals surface area contributed by atoms with E-state index >= 15 is 0 Å². The summed E-state index contributed by atoms with van der Waals surface area (Å²) in [7, 11) is 0. The second-order valence-electron chi connectivity index (χ2n) is 5.21. The van der Waals surface area contributed by atoms with Gasteiger partial charge in [0, 0.05) is 13.0 Å². The number of nitrogens with two attached hydrogens (primary N) is 1. The third-order valence-electron chi connectivity index (χ3n) is 3.39. The third kappa shape index (κ3) is 3.62. The first kappa shape index (κ1) is 15.8. The van der Waals surface area contributed by atoms with E-state index < -0.39 is 11.7 Å². The molecule has 1 amide bonds. The fourth-order valence-electron chi connectivity index (χ4n) is 2.35. The van der Waals surface area contributed by atoms with E-state index in [1.807, 2.05) is 0 Å². The van der Waals surface area contributed by atoms with Gasteiger partial charge in [-0.05, 0) is 18.6 Å². The van der Waals surface area contributed by atoms with Crippen molar-refractivity contribution in [3.8, 4) is 5.69 Å². The fraction of sp³-hybridized carbons (Fsp3) is 0.267. The topological polar surface area (TPSA) is 105 Å². The minimum atomic E-state index is -0.533. The van der Waals surface area contributed by atoms with Crippen molar-refractivity contribution in [2.75, 3.05) is 0 Å². The number of halogens is 1. The molecule has 0 spiro atoms. The van der Waals surface area contributed by atoms with Crippen molar-refractivity contribution in [2.45, 2.75) is 25.8 Å². The summed E-state index contributed by atoms with van der Waals surface area (Å²) in [6.45, 7) is 0.648. The summed E-state index contributed by atoms with van der Waals surface area (Å²) in [5.41, 5.74) is 5.48. The molecule has 2 N–H and O–H groups in total. The quantitative estimate of drug-likeness (QED) is 0.685. The van der Waals surface area contributed by atoms with Gasteiger partial charge in [-0.1, -0.05) is 12.1 Å². The van der Waals surface area contributed by atoms with Crippen molar-refractivity contribution in [1.82, 2.24) is 29.5 Å². The van der Waals surface area contributed by atoms with Gasteiger partial charge in [0.05, 0.1) is 6.42 Å². The molecule has 2 aromatic heterocycles. The zero-order chi connectivity index (χ0) is 16.9. The van der Waals surface area contributed by atoms with Crippen molar-refractivity contribution in [1.29, 1.82) is 0 Å². The third-order valence-corrected chi connectivity index (χ3v) is 3.39. The number of aryl methyl sites for hydroxylation is 2. The van der Waals surface area contributed by atoms with Gasteiger partial charge in [-0.3, -0.25) is 9.48 Å². The molecule has 0 bridgehead atoms. The predicted molar refractivity (Wildman–Crippen MR) is 82.6 cm³/mol. The lowest BCUT2D eigenvalue weighted by Crippen LogP contribution is -2.14. The average molecular weight is 329 g/mol. The molecule has 0 saturated heterocycles. The van der Waals surface area contributed by atoms with E-state index in [4.69, 9.17) is 5.73 Å². The summed E-state index contributed by atoms with van der Waals surface area (Å²) in [4.78, 5) is 19.3. The van der Waals surface area contributed by atoms with Gasteiger partial charge in [0.1, 0.15) is 30.0 Å². The average Bonchev–Trinajstić information content (AvgIpc) is 3.17. The standard InChI is InChI=1S/C15H16FN7O/c16-11-4-1-2-5-12(11)23-15(20-14(21-23)8-13(17)24)6-3-7-22-10-18-9-19-22/h1-2,4-5,9-10H,3,6-8H2,(H2,17,24). The maximum Gasteiger partial charge on any atom is 0.225 e. The Bertz CT molecular complexity index is 828. The Balaban J connectivity index is 1.84. The fourth-order valence-corrected chi connectivity index (χ4v) is 2.35. The molecule has 0 aliphatic rings. The zero-order valence-corrected chi connectivity index (χ0v) is 12.8. The number of benzene rings is 1. The minimum Gasteiger partial charge on any atom is -0.369 e. The van der Waals surface area contributed by atoms with Gasteiger partial charge in [0.25, 0.3) is 0 Å². The molecular weight excluding hydrogens is 313 g/mol. The van der Waals surface area contributed by atoms with E-state index in [1.54, 1.807) is 29.2 Å². The Hall–Kier alpha value is -3.10. The highest BCUT2D eigenvalue weighted by atomic mass is 19.1. The highest BCUT2D eigenvalue weighted by Crippen LogP contribution is 2.15. The summed E-state index contributed by atoms with van der Waals surface area (Å²) in [6, 6.07) is 6.28. The van der Waals surface area contributed by atoms with Crippen LogP contribution >= 0.6 is 0 Å². The number of carbonyl (C=O) groups is 1. The number of hydrogen-bond acceptors (Lipinski definition) is 5. The van der Waals surface area contributed by atoms with Crippen molar-refractivity contribution in [2.24, 2.45) is 5.73 Å². The van der Waals surface area contributed by atoms with Crippen molar-refractivity contribution in [3.05, 3.63) is 54.4 Å². The zero-order valence-electron chi connectivity index (χ0n) is 12.8. The smallest absolute Gasteiger partial charge is 0.225 e.